The minimum absolute atomic E-state index is 0.0192. The Labute approximate surface area is 198 Å². The summed E-state index contributed by atoms with van der Waals surface area (Å²) in [5, 5.41) is 8.82. The fourth-order valence-corrected chi connectivity index (χ4v) is 6.74. The van der Waals surface area contributed by atoms with Gasteiger partial charge >= 0.3 is 0 Å². The Morgan fingerprint density at radius 2 is 2.00 bits per heavy atom. The third kappa shape index (κ3) is 4.33. The van der Waals surface area contributed by atoms with E-state index in [0.29, 0.717) is 34.3 Å². The summed E-state index contributed by atoms with van der Waals surface area (Å²) in [5.41, 5.74) is 2.72. The smallest absolute Gasteiger partial charge is 0.265 e. The van der Waals surface area contributed by atoms with E-state index in [0.717, 1.165) is 24.1 Å². The Bertz CT molecular complexity index is 1260. The van der Waals surface area contributed by atoms with Gasteiger partial charge in [-0.3, -0.25) is 14.2 Å². The zero-order valence-electron chi connectivity index (χ0n) is 19.7. The quantitative estimate of drug-likeness (QED) is 0.582. The summed E-state index contributed by atoms with van der Waals surface area (Å²) in [7, 11) is 0. The fourth-order valence-electron chi connectivity index (χ4n) is 5.61. The molecule has 0 radical (unpaired) electrons. The second-order valence-corrected chi connectivity index (χ2v) is 11.5. The van der Waals surface area contributed by atoms with Gasteiger partial charge in [-0.05, 0) is 49.7 Å². The van der Waals surface area contributed by atoms with Crippen LogP contribution in [0.4, 0.5) is 0 Å². The van der Waals surface area contributed by atoms with Crippen molar-refractivity contribution < 1.29 is 4.79 Å². The molecule has 0 bridgehead atoms. The molecule has 174 valence electrons. The number of nitrogens with zero attached hydrogens (tertiary/aromatic N) is 4. The van der Waals surface area contributed by atoms with Crippen molar-refractivity contribution in [2.24, 2.45) is 11.3 Å². The van der Waals surface area contributed by atoms with Gasteiger partial charge in [-0.15, -0.1) is 0 Å². The summed E-state index contributed by atoms with van der Waals surface area (Å²) in [6.07, 6.45) is 5.10. The lowest BCUT2D eigenvalue weighted by atomic mass is 9.70. The maximum atomic E-state index is 13.4. The van der Waals surface area contributed by atoms with Gasteiger partial charge in [0.05, 0.1) is 17.9 Å². The number of thioether (sulfide) groups is 1. The molecule has 3 atom stereocenters. The molecule has 1 aliphatic heterocycles. The minimum Gasteiger partial charge on any atom is -0.353 e. The van der Waals surface area contributed by atoms with Gasteiger partial charge in [-0.25, -0.2) is 9.67 Å². The molecule has 0 spiro atoms. The molecule has 1 N–H and O–H groups in total. The Morgan fingerprint density at radius 1 is 1.24 bits per heavy atom. The topological polar surface area (TPSA) is 81.8 Å². The first-order chi connectivity index (χ1) is 15.7. The van der Waals surface area contributed by atoms with Crippen molar-refractivity contribution in [3.8, 4) is 5.69 Å². The normalized spacial score (nSPS) is 24.1. The highest BCUT2D eigenvalue weighted by molar-refractivity contribution is 7.99. The number of hydrogen-bond donors (Lipinski definition) is 1. The summed E-state index contributed by atoms with van der Waals surface area (Å²) in [6.45, 7) is 8.85. The molecule has 5 rings (SSSR count). The lowest BCUT2D eigenvalue weighted by Gasteiger charge is -2.39. The summed E-state index contributed by atoms with van der Waals surface area (Å²) in [4.78, 5) is 31.0. The Balaban J connectivity index is 1.37. The van der Waals surface area contributed by atoms with Crippen LogP contribution in [0.25, 0.3) is 16.7 Å². The summed E-state index contributed by atoms with van der Waals surface area (Å²) in [6, 6.07) is 7.99. The number of nitrogens with one attached hydrogen (secondary N) is 1. The maximum absolute atomic E-state index is 13.4. The number of carbonyl (C=O) groups is 1. The van der Waals surface area contributed by atoms with E-state index in [1.807, 2.05) is 31.2 Å². The number of aryl methyl sites for hydroxylation is 1. The van der Waals surface area contributed by atoms with Crippen molar-refractivity contribution in [2.75, 3.05) is 5.75 Å². The summed E-state index contributed by atoms with van der Waals surface area (Å²) >= 11 is 1.53. The number of fused-ring (bicyclic) bond motifs is 2. The third-order valence-corrected chi connectivity index (χ3v) is 7.92. The highest BCUT2D eigenvalue weighted by atomic mass is 32.2. The first-order valence-electron chi connectivity index (χ1n) is 11.7. The van der Waals surface area contributed by atoms with Crippen LogP contribution >= 0.6 is 11.8 Å². The van der Waals surface area contributed by atoms with Crippen molar-refractivity contribution in [3.63, 3.8) is 0 Å². The van der Waals surface area contributed by atoms with Gasteiger partial charge in [-0.1, -0.05) is 50.2 Å². The molecule has 1 amide bonds. The van der Waals surface area contributed by atoms with Gasteiger partial charge in [-0.2, -0.15) is 5.10 Å². The molecule has 33 heavy (non-hydrogen) atoms. The number of aromatic nitrogens is 4. The predicted octanol–water partition coefficient (Wildman–Crippen LogP) is 4.26. The SMILES string of the molecule is Cc1ccc(-n2ncc3c(=O)n4c(nc32)SCC4CC(=O)NC2CC(C)CC(C)(C)C2)cc1. The van der Waals surface area contributed by atoms with Crippen LogP contribution < -0.4 is 10.9 Å². The third-order valence-electron chi connectivity index (χ3n) is 6.82. The van der Waals surface area contributed by atoms with Crippen LogP contribution in [0.1, 0.15) is 58.1 Å². The lowest BCUT2D eigenvalue weighted by Crippen LogP contribution is -2.43. The molecule has 3 unspecified atom stereocenters. The predicted molar refractivity (Wildman–Crippen MR) is 131 cm³/mol. The van der Waals surface area contributed by atoms with Gasteiger partial charge < -0.3 is 5.32 Å². The van der Waals surface area contributed by atoms with E-state index >= 15 is 0 Å². The van der Waals surface area contributed by atoms with E-state index in [1.165, 1.54) is 18.2 Å². The summed E-state index contributed by atoms with van der Waals surface area (Å²) < 4.78 is 3.41. The average molecular weight is 466 g/mol. The molecule has 1 fully saturated rings. The second kappa shape index (κ2) is 8.31. The van der Waals surface area contributed by atoms with E-state index in [-0.39, 0.29) is 29.0 Å². The number of benzene rings is 1. The van der Waals surface area contributed by atoms with Gasteiger partial charge in [0.2, 0.25) is 5.91 Å². The molecule has 1 aliphatic carbocycles. The number of amides is 1. The number of hydrogen-bond acceptors (Lipinski definition) is 5. The Kier molecular flexibility index (Phi) is 5.59. The van der Waals surface area contributed by atoms with E-state index in [1.54, 1.807) is 15.4 Å². The molecular formula is C25H31N5O2S. The minimum atomic E-state index is -0.189. The van der Waals surface area contributed by atoms with Crippen LogP contribution in [-0.4, -0.2) is 37.0 Å². The van der Waals surface area contributed by atoms with E-state index < -0.39 is 0 Å². The van der Waals surface area contributed by atoms with Crippen molar-refractivity contribution in [1.29, 1.82) is 0 Å². The molecule has 3 heterocycles. The zero-order valence-corrected chi connectivity index (χ0v) is 20.5. The molecule has 7 nitrogen and oxygen atoms in total. The van der Waals surface area contributed by atoms with E-state index in [4.69, 9.17) is 4.98 Å². The van der Waals surface area contributed by atoms with Crippen LogP contribution in [0.5, 0.6) is 0 Å². The number of rotatable bonds is 4. The largest absolute Gasteiger partial charge is 0.353 e. The van der Waals surface area contributed by atoms with E-state index in [2.05, 4.69) is 31.2 Å². The van der Waals surface area contributed by atoms with Crippen molar-refractivity contribution in [3.05, 3.63) is 46.4 Å². The standard InChI is InChI=1S/C25H31N5O2S/c1-15-5-7-18(8-6-15)30-22-20(13-26-30)23(32)29-19(14-33-24(29)28-22)10-21(31)27-17-9-16(2)11-25(3,4)12-17/h5-8,13,16-17,19H,9-12,14H2,1-4H3,(H,27,31). The zero-order chi connectivity index (χ0) is 23.3. The number of carbonyl (C=O) groups excluding carboxylic acids is 1. The molecule has 0 saturated heterocycles. The average Bonchev–Trinajstić information content (AvgIpc) is 3.32. The lowest BCUT2D eigenvalue weighted by molar-refractivity contribution is -0.123. The van der Waals surface area contributed by atoms with Gasteiger partial charge in [0, 0.05) is 18.2 Å². The fraction of sp³-hybridized carbons (Fsp3) is 0.520. The van der Waals surface area contributed by atoms with Crippen molar-refractivity contribution in [2.45, 2.75) is 70.6 Å². The van der Waals surface area contributed by atoms with Gasteiger partial charge in [0.25, 0.3) is 5.56 Å². The van der Waals surface area contributed by atoms with Crippen LogP contribution in [0.3, 0.4) is 0 Å². The van der Waals surface area contributed by atoms with Crippen LogP contribution in [0.2, 0.25) is 0 Å². The first kappa shape index (κ1) is 22.2. The molecule has 3 aromatic rings. The van der Waals surface area contributed by atoms with Gasteiger partial charge in [0.1, 0.15) is 5.39 Å². The highest BCUT2D eigenvalue weighted by Crippen LogP contribution is 2.39. The Hall–Kier alpha value is -2.61. The van der Waals surface area contributed by atoms with Crippen LogP contribution in [0.15, 0.2) is 40.4 Å². The molecule has 1 aromatic carbocycles. The Morgan fingerprint density at radius 3 is 2.73 bits per heavy atom. The summed E-state index contributed by atoms with van der Waals surface area (Å²) in [5.74, 6) is 1.30. The van der Waals surface area contributed by atoms with E-state index in [9.17, 15) is 9.59 Å². The second-order valence-electron chi connectivity index (χ2n) is 10.5. The monoisotopic (exact) mass is 465 g/mol. The van der Waals surface area contributed by atoms with Gasteiger partial charge in [0.15, 0.2) is 10.8 Å². The molecule has 2 aliphatic rings. The molecule has 1 saturated carbocycles. The molecule has 8 heteroatoms. The van der Waals surface area contributed by atoms with Crippen molar-refractivity contribution in [1.82, 2.24) is 24.6 Å². The highest BCUT2D eigenvalue weighted by Gasteiger charge is 2.34. The first-order valence-corrected chi connectivity index (χ1v) is 12.7. The maximum Gasteiger partial charge on any atom is 0.265 e. The van der Waals surface area contributed by atoms with Crippen LogP contribution in [-0.2, 0) is 4.79 Å². The molecule has 2 aromatic heterocycles. The van der Waals surface area contributed by atoms with Crippen LogP contribution in [0, 0.1) is 18.3 Å². The molecular weight excluding hydrogens is 434 g/mol. The van der Waals surface area contributed by atoms with Crippen molar-refractivity contribution >= 4 is 28.7 Å².